The zero-order chi connectivity index (χ0) is 16.4. The van der Waals surface area contributed by atoms with E-state index < -0.39 is 42.4 Å². The SMILES string of the molecule is CCC(C)CC(C)/C=C\[C@@H]1O[C@H]2[C@H](C(=O)O[C@H]2C)[C@H](O)[C@H]1O. The summed E-state index contributed by atoms with van der Waals surface area (Å²) in [4.78, 5) is 11.7. The van der Waals surface area contributed by atoms with Crippen LogP contribution in [0.1, 0.15) is 40.5 Å². The van der Waals surface area contributed by atoms with Gasteiger partial charge in [-0.3, -0.25) is 4.79 Å². The highest BCUT2D eigenvalue weighted by atomic mass is 16.6. The number of cyclic esters (lactones) is 1. The highest BCUT2D eigenvalue weighted by molar-refractivity contribution is 5.76. The molecule has 2 rings (SSSR count). The fourth-order valence-electron chi connectivity index (χ4n) is 3.29. The van der Waals surface area contributed by atoms with E-state index in [4.69, 9.17) is 9.47 Å². The van der Waals surface area contributed by atoms with Gasteiger partial charge in [0.15, 0.2) is 0 Å². The van der Waals surface area contributed by atoms with Crippen molar-refractivity contribution in [2.75, 3.05) is 0 Å². The van der Waals surface area contributed by atoms with E-state index >= 15 is 0 Å². The van der Waals surface area contributed by atoms with Crippen molar-refractivity contribution in [1.29, 1.82) is 0 Å². The maximum Gasteiger partial charge on any atom is 0.314 e. The third-order valence-electron chi connectivity index (χ3n) is 4.86. The Labute approximate surface area is 132 Å². The molecule has 0 bridgehead atoms. The molecule has 0 aliphatic carbocycles. The normalized spacial score (nSPS) is 41.3. The van der Waals surface area contributed by atoms with Crippen LogP contribution < -0.4 is 0 Å². The average Bonchev–Trinajstić information content (AvgIpc) is 2.75. The summed E-state index contributed by atoms with van der Waals surface area (Å²) in [5.41, 5.74) is 0. The lowest BCUT2D eigenvalue weighted by Crippen LogP contribution is -2.55. The zero-order valence-corrected chi connectivity index (χ0v) is 13.8. The molecule has 2 heterocycles. The number of aliphatic hydroxyl groups excluding tert-OH is 2. The monoisotopic (exact) mass is 312 g/mol. The number of ether oxygens (including phenoxy) is 2. The highest BCUT2D eigenvalue weighted by Crippen LogP contribution is 2.35. The molecule has 0 aromatic carbocycles. The Bertz CT molecular complexity index is 421. The number of hydrogen-bond acceptors (Lipinski definition) is 5. The molecule has 22 heavy (non-hydrogen) atoms. The standard InChI is InChI=1S/C17H28O5/c1-5-9(2)8-10(3)6-7-12-14(18)15(19)13-16(22-12)11(4)21-17(13)20/h6-7,9-16,18-19H,5,8H2,1-4H3/b7-6-/t9?,10?,11-,12-,13+,14-,15-,16+/m0/s1. The third kappa shape index (κ3) is 3.53. The lowest BCUT2D eigenvalue weighted by molar-refractivity contribution is -0.180. The molecular formula is C17H28O5. The molecule has 0 radical (unpaired) electrons. The largest absolute Gasteiger partial charge is 0.460 e. The van der Waals surface area contributed by atoms with Crippen LogP contribution in [0.2, 0.25) is 0 Å². The fraction of sp³-hybridized carbons (Fsp3) is 0.824. The van der Waals surface area contributed by atoms with Crippen LogP contribution in [0.15, 0.2) is 12.2 Å². The summed E-state index contributed by atoms with van der Waals surface area (Å²) in [5, 5.41) is 20.4. The quantitative estimate of drug-likeness (QED) is 0.596. The first kappa shape index (κ1) is 17.4. The minimum atomic E-state index is -1.14. The number of carbonyl (C=O) groups is 1. The van der Waals surface area contributed by atoms with Crippen LogP contribution in [0.4, 0.5) is 0 Å². The van der Waals surface area contributed by atoms with Gasteiger partial charge in [0.2, 0.25) is 0 Å². The van der Waals surface area contributed by atoms with Crippen LogP contribution in [0.3, 0.4) is 0 Å². The highest BCUT2D eigenvalue weighted by Gasteiger charge is 2.54. The van der Waals surface area contributed by atoms with Crippen LogP contribution in [0.5, 0.6) is 0 Å². The average molecular weight is 312 g/mol. The molecule has 8 atom stereocenters. The summed E-state index contributed by atoms with van der Waals surface area (Å²) >= 11 is 0. The summed E-state index contributed by atoms with van der Waals surface area (Å²) in [6.45, 7) is 8.26. The Balaban J connectivity index is 2.01. The maximum atomic E-state index is 11.7. The summed E-state index contributed by atoms with van der Waals surface area (Å²) in [6, 6.07) is 0. The molecule has 2 unspecified atom stereocenters. The van der Waals surface area contributed by atoms with Crippen molar-refractivity contribution >= 4 is 5.97 Å². The zero-order valence-electron chi connectivity index (χ0n) is 13.8. The van der Waals surface area contributed by atoms with Gasteiger partial charge in [0.1, 0.15) is 30.3 Å². The number of esters is 1. The number of fused-ring (bicyclic) bond motifs is 1. The summed E-state index contributed by atoms with van der Waals surface area (Å²) in [6.07, 6.45) is 2.30. The van der Waals surface area contributed by atoms with Crippen LogP contribution >= 0.6 is 0 Å². The van der Waals surface area contributed by atoms with Crippen molar-refractivity contribution in [3.63, 3.8) is 0 Å². The van der Waals surface area contributed by atoms with Gasteiger partial charge < -0.3 is 19.7 Å². The predicted octanol–water partition coefficient (Wildman–Crippen LogP) is 1.67. The number of allylic oxidation sites excluding steroid dienone is 1. The minimum absolute atomic E-state index is 0.375. The maximum absolute atomic E-state index is 11.7. The lowest BCUT2D eigenvalue weighted by Gasteiger charge is -2.37. The van der Waals surface area contributed by atoms with E-state index in [2.05, 4.69) is 20.8 Å². The predicted molar refractivity (Wildman–Crippen MR) is 82.1 cm³/mol. The first-order valence-corrected chi connectivity index (χ1v) is 8.25. The second kappa shape index (κ2) is 7.11. The molecule has 126 valence electrons. The summed E-state index contributed by atoms with van der Waals surface area (Å²) in [5.74, 6) is -0.254. The Morgan fingerprint density at radius 1 is 1.27 bits per heavy atom. The minimum Gasteiger partial charge on any atom is -0.460 e. The first-order valence-electron chi connectivity index (χ1n) is 8.25. The molecule has 5 nitrogen and oxygen atoms in total. The smallest absolute Gasteiger partial charge is 0.314 e. The molecule has 2 aliphatic rings. The van der Waals surface area contributed by atoms with Crippen molar-refractivity contribution < 1.29 is 24.5 Å². The van der Waals surface area contributed by atoms with Crippen LogP contribution in [-0.2, 0) is 14.3 Å². The molecule has 0 aromatic heterocycles. The van der Waals surface area contributed by atoms with Gasteiger partial charge in [-0.25, -0.2) is 0 Å². The molecular weight excluding hydrogens is 284 g/mol. The molecule has 0 saturated carbocycles. The van der Waals surface area contributed by atoms with E-state index in [1.165, 1.54) is 0 Å². The Morgan fingerprint density at radius 3 is 2.59 bits per heavy atom. The van der Waals surface area contributed by atoms with E-state index in [1.807, 2.05) is 12.2 Å². The number of hydrogen-bond donors (Lipinski definition) is 2. The van der Waals surface area contributed by atoms with E-state index in [0.29, 0.717) is 11.8 Å². The summed E-state index contributed by atoms with van der Waals surface area (Å²) < 4.78 is 10.9. The Kier molecular flexibility index (Phi) is 5.64. The number of rotatable bonds is 5. The Morgan fingerprint density at radius 2 is 1.95 bits per heavy atom. The van der Waals surface area contributed by atoms with Crippen molar-refractivity contribution in [2.24, 2.45) is 17.8 Å². The number of aliphatic hydroxyl groups is 2. The van der Waals surface area contributed by atoms with Crippen molar-refractivity contribution in [2.45, 2.75) is 71.1 Å². The molecule has 0 spiro atoms. The molecule has 5 heteroatoms. The van der Waals surface area contributed by atoms with E-state index in [9.17, 15) is 15.0 Å². The van der Waals surface area contributed by atoms with Gasteiger partial charge in [0.05, 0.1) is 6.10 Å². The molecule has 2 fully saturated rings. The van der Waals surface area contributed by atoms with Gasteiger partial charge >= 0.3 is 5.97 Å². The van der Waals surface area contributed by atoms with Gasteiger partial charge in [0.25, 0.3) is 0 Å². The topological polar surface area (TPSA) is 76.0 Å². The van der Waals surface area contributed by atoms with Gasteiger partial charge in [-0.2, -0.15) is 0 Å². The second-order valence-electron chi connectivity index (χ2n) is 6.83. The van der Waals surface area contributed by atoms with Crippen LogP contribution in [0, 0.1) is 17.8 Å². The van der Waals surface area contributed by atoms with Gasteiger partial charge in [0, 0.05) is 0 Å². The second-order valence-corrected chi connectivity index (χ2v) is 6.83. The number of carbonyl (C=O) groups excluding carboxylic acids is 1. The van der Waals surface area contributed by atoms with Gasteiger partial charge in [-0.05, 0) is 25.2 Å². The lowest BCUT2D eigenvalue weighted by atomic mass is 9.86. The first-order chi connectivity index (χ1) is 10.3. The Hall–Kier alpha value is -0.910. The third-order valence-corrected chi connectivity index (χ3v) is 4.86. The van der Waals surface area contributed by atoms with Crippen molar-refractivity contribution in [1.82, 2.24) is 0 Å². The van der Waals surface area contributed by atoms with Crippen molar-refractivity contribution in [3.05, 3.63) is 12.2 Å². The van der Waals surface area contributed by atoms with Crippen LogP contribution in [0.25, 0.3) is 0 Å². The molecule has 2 aliphatic heterocycles. The van der Waals surface area contributed by atoms with E-state index in [-0.39, 0.29) is 0 Å². The van der Waals surface area contributed by atoms with Crippen LogP contribution in [-0.4, -0.2) is 46.7 Å². The molecule has 2 saturated heterocycles. The molecule has 2 N–H and O–H groups in total. The molecule has 0 aromatic rings. The van der Waals surface area contributed by atoms with E-state index in [1.54, 1.807) is 6.92 Å². The summed E-state index contributed by atoms with van der Waals surface area (Å²) in [7, 11) is 0. The fourth-order valence-corrected chi connectivity index (χ4v) is 3.29. The van der Waals surface area contributed by atoms with Gasteiger partial charge in [-0.15, -0.1) is 0 Å². The van der Waals surface area contributed by atoms with E-state index in [0.717, 1.165) is 12.8 Å². The van der Waals surface area contributed by atoms with Crippen molar-refractivity contribution in [3.8, 4) is 0 Å². The molecule has 0 amide bonds. The van der Waals surface area contributed by atoms with Gasteiger partial charge in [-0.1, -0.05) is 39.3 Å².